The predicted molar refractivity (Wildman–Crippen MR) is 430 cm³/mol. The van der Waals surface area contributed by atoms with Gasteiger partial charge in [-0.25, -0.2) is 0 Å². The van der Waals surface area contributed by atoms with E-state index in [0.29, 0.717) is 0 Å². The van der Waals surface area contributed by atoms with Crippen LogP contribution in [0.3, 0.4) is 0 Å². The van der Waals surface area contributed by atoms with E-state index in [1.165, 1.54) is 292 Å². The van der Waals surface area contributed by atoms with Crippen molar-refractivity contribution in [2.75, 3.05) is 45.2 Å². The lowest BCUT2D eigenvalue weighted by atomic mass is 9.89. The molecule has 4 aliphatic carbocycles. The highest BCUT2D eigenvalue weighted by molar-refractivity contribution is 9.09. The molecule has 9 heteroatoms. The summed E-state index contributed by atoms with van der Waals surface area (Å²) in [5.41, 5.74) is 9.00. The lowest BCUT2D eigenvalue weighted by Gasteiger charge is -2.39. The maximum atomic E-state index is 4.10. The van der Waals surface area contributed by atoms with Crippen LogP contribution in [0.4, 0.5) is 0 Å². The standard InChI is InChI=1S/C81H122Br2S4Si3/c82-52-28-58-88(61-31-55-85-69-71-38-26-27-39-71,60-30-54-84-68-70-36-12-7-13-37-70)64-34-66-90(80(74-44-18-10-19-45-74)78(72-40-14-8-15-41-72)79(73-42-16-9-17-43-73)81(90)75-46-20-11-21-47-75)67-35-65-89(59-29-53-83,62-32-56-86-76-48-22-3-1-4-23-49-76)63-33-57-87-77-50-24-5-2-6-25-51-77/h8-11,14-21,40-47,70-71,76-77H,1-7,12-13,22-39,48-69H2. The van der Waals surface area contributed by atoms with Crippen LogP contribution in [-0.4, -0.2) is 79.9 Å². The molecule has 0 N–H and O–H groups in total. The Balaban J connectivity index is 1.10. The molecule has 1 atom stereocenters. The van der Waals surface area contributed by atoms with Crippen LogP contribution in [0.2, 0.25) is 60.4 Å². The zero-order chi connectivity index (χ0) is 62.0. The topological polar surface area (TPSA) is 0 Å². The average Bonchev–Trinajstić information content (AvgIpc) is 1.59. The molecule has 90 heavy (non-hydrogen) atoms. The summed E-state index contributed by atoms with van der Waals surface area (Å²) in [5, 5.41) is 7.67. The number of thioether (sulfide) groups is 4. The summed E-state index contributed by atoms with van der Waals surface area (Å²) in [6, 6.07) is 63.3. The van der Waals surface area contributed by atoms with Crippen molar-refractivity contribution in [2.24, 2.45) is 11.8 Å². The zero-order valence-electron chi connectivity index (χ0n) is 56.4. The van der Waals surface area contributed by atoms with Gasteiger partial charge in [-0.2, -0.15) is 47.0 Å². The summed E-state index contributed by atoms with van der Waals surface area (Å²) in [7, 11) is -6.00. The van der Waals surface area contributed by atoms with Gasteiger partial charge in [-0.15, -0.1) is 0 Å². The summed E-state index contributed by atoms with van der Waals surface area (Å²) in [6.45, 7) is 0. The van der Waals surface area contributed by atoms with Crippen LogP contribution in [-0.2, 0) is 0 Å². The summed E-state index contributed by atoms with van der Waals surface area (Å²) in [4.78, 5) is 0. The molecule has 5 aliphatic rings. The van der Waals surface area contributed by atoms with Gasteiger partial charge in [0, 0.05) is 21.2 Å². The molecule has 4 aromatic carbocycles. The molecule has 4 fully saturated rings. The van der Waals surface area contributed by atoms with Crippen molar-refractivity contribution in [3.8, 4) is 0 Å². The quantitative estimate of drug-likeness (QED) is 0.0247. The minimum Gasteiger partial charge on any atom is -0.162 e. The summed E-state index contributed by atoms with van der Waals surface area (Å²) >= 11 is 17.7. The number of alkyl halides is 2. The van der Waals surface area contributed by atoms with Gasteiger partial charge in [0.1, 0.15) is 8.07 Å². The molecule has 0 saturated heterocycles. The van der Waals surface area contributed by atoms with Crippen LogP contribution in [0.1, 0.15) is 221 Å². The first-order valence-corrected chi connectivity index (χ1v) is 52.5. The van der Waals surface area contributed by atoms with Gasteiger partial charge in [0.25, 0.3) is 0 Å². The Morgan fingerprint density at radius 1 is 0.322 bits per heavy atom. The Labute approximate surface area is 589 Å². The van der Waals surface area contributed by atoms with Gasteiger partial charge in [0.2, 0.25) is 0 Å². The SMILES string of the molecule is BrCCC[Si](CCCSCC1CCCCC1)(CCCSCC1CCCC1)CCC[Si]1(CCC[Si](CCCBr)(CCCSC2CCCCCCC2)CCCSC2CCCCCCC2)C(c2ccccc2)=C(c2ccccc2)C(c2ccccc2)=C1c1ccccc1. The molecule has 0 bridgehead atoms. The van der Waals surface area contributed by atoms with Crippen LogP contribution in [0.25, 0.3) is 21.5 Å². The van der Waals surface area contributed by atoms with E-state index in [9.17, 15) is 0 Å². The van der Waals surface area contributed by atoms with E-state index in [-0.39, 0.29) is 0 Å². The van der Waals surface area contributed by atoms with E-state index in [1.54, 1.807) is 45.7 Å². The fourth-order valence-corrected chi connectivity index (χ4v) is 42.6. The van der Waals surface area contributed by atoms with Crippen molar-refractivity contribution in [1.82, 2.24) is 0 Å². The van der Waals surface area contributed by atoms with Crippen LogP contribution < -0.4 is 0 Å². The Hall–Kier alpha value is -0.629. The highest BCUT2D eigenvalue weighted by Gasteiger charge is 2.50. The zero-order valence-corrected chi connectivity index (χ0v) is 65.8. The summed E-state index contributed by atoms with van der Waals surface area (Å²) < 4.78 is 0. The van der Waals surface area contributed by atoms with Gasteiger partial charge in [-0.05, 0) is 192 Å². The van der Waals surface area contributed by atoms with Gasteiger partial charge < -0.3 is 0 Å². The normalized spacial score (nSPS) is 19.4. The van der Waals surface area contributed by atoms with Gasteiger partial charge in [-0.3, -0.25) is 0 Å². The minimum absolute atomic E-state index is 0.896. The number of benzene rings is 4. The highest BCUT2D eigenvalue weighted by atomic mass is 79.9. The fraction of sp³-hybridized carbons (Fsp3) is 0.654. The molecule has 0 nitrogen and oxygen atoms in total. The van der Waals surface area contributed by atoms with Crippen molar-refractivity contribution < 1.29 is 0 Å². The van der Waals surface area contributed by atoms with Crippen LogP contribution in [0.5, 0.6) is 0 Å². The first kappa shape index (κ1) is 73.6. The molecule has 4 saturated carbocycles. The van der Waals surface area contributed by atoms with Gasteiger partial charge in [-0.1, -0.05) is 311 Å². The third-order valence-electron chi connectivity index (χ3n) is 22.7. The van der Waals surface area contributed by atoms with E-state index >= 15 is 0 Å². The molecular weight excluding hydrogens is 1350 g/mol. The number of hydrogen-bond acceptors (Lipinski definition) is 4. The Morgan fingerprint density at radius 3 is 0.978 bits per heavy atom. The van der Waals surface area contributed by atoms with Crippen LogP contribution in [0.15, 0.2) is 121 Å². The summed E-state index contributed by atoms with van der Waals surface area (Å²) in [5.74, 6) is 10.3. The number of allylic oxidation sites excluding steroid dienone is 2. The van der Waals surface area contributed by atoms with E-state index in [2.05, 4.69) is 200 Å². The van der Waals surface area contributed by atoms with Crippen molar-refractivity contribution in [3.05, 3.63) is 144 Å². The number of halogens is 2. The van der Waals surface area contributed by atoms with E-state index < -0.39 is 24.2 Å². The molecule has 0 amide bonds. The second kappa shape index (κ2) is 42.2. The maximum absolute atomic E-state index is 4.10. The minimum atomic E-state index is -2.62. The van der Waals surface area contributed by atoms with E-state index in [1.807, 2.05) is 0 Å². The molecule has 0 aromatic heterocycles. The molecule has 4 aromatic rings. The van der Waals surface area contributed by atoms with Crippen molar-refractivity contribution >= 4 is 125 Å². The van der Waals surface area contributed by atoms with Gasteiger partial charge in [0.15, 0.2) is 0 Å². The van der Waals surface area contributed by atoms with Crippen molar-refractivity contribution in [1.29, 1.82) is 0 Å². The molecule has 1 unspecified atom stereocenters. The third-order valence-corrected chi connectivity index (χ3v) is 46.0. The molecule has 9 rings (SSSR count). The molecular formula is C81H122Br2S4Si3. The molecule has 0 radical (unpaired) electrons. The van der Waals surface area contributed by atoms with Gasteiger partial charge >= 0.3 is 0 Å². The molecule has 496 valence electrons. The van der Waals surface area contributed by atoms with Gasteiger partial charge in [0.05, 0.1) is 16.1 Å². The molecule has 0 spiro atoms. The maximum Gasteiger partial charge on any atom is 0.121 e. The second-order valence-electron chi connectivity index (χ2n) is 29.2. The Bertz CT molecular complexity index is 2460. The van der Waals surface area contributed by atoms with Crippen molar-refractivity contribution in [2.45, 2.75) is 270 Å². The van der Waals surface area contributed by atoms with Crippen LogP contribution in [0, 0.1) is 11.8 Å². The summed E-state index contributed by atoms with van der Waals surface area (Å²) in [6.07, 6.45) is 45.1. The predicted octanol–water partition coefficient (Wildman–Crippen LogP) is 27.5. The highest BCUT2D eigenvalue weighted by Crippen LogP contribution is 2.60. The monoisotopic (exact) mass is 1460 g/mol. The fourth-order valence-electron chi connectivity index (χ4n) is 17.9. The lowest BCUT2D eigenvalue weighted by molar-refractivity contribution is 0.391. The van der Waals surface area contributed by atoms with E-state index in [0.717, 1.165) is 33.0 Å². The van der Waals surface area contributed by atoms with Crippen molar-refractivity contribution in [3.63, 3.8) is 0 Å². The number of hydrogen-bond donors (Lipinski definition) is 0. The molecule has 1 aliphatic heterocycles. The van der Waals surface area contributed by atoms with E-state index in [4.69, 9.17) is 0 Å². The molecule has 1 heterocycles. The second-order valence-corrected chi connectivity index (χ2v) is 50.1. The first-order chi connectivity index (χ1) is 44.5. The largest absolute Gasteiger partial charge is 0.162 e. The Morgan fingerprint density at radius 2 is 0.611 bits per heavy atom. The third kappa shape index (κ3) is 23.5. The van der Waals surface area contributed by atoms with Crippen LogP contribution >= 0.6 is 78.9 Å². The number of rotatable bonds is 40. The lowest BCUT2D eigenvalue weighted by Crippen LogP contribution is -2.40. The average molecular weight is 1470 g/mol. The first-order valence-electron chi connectivity index (χ1n) is 37.7. The smallest absolute Gasteiger partial charge is 0.121 e. The Kier molecular flexibility index (Phi) is 34.6.